The lowest BCUT2D eigenvalue weighted by atomic mass is 9.94. The van der Waals surface area contributed by atoms with Crippen LogP contribution in [0.15, 0.2) is 30.3 Å². The molecule has 0 bridgehead atoms. The number of nitrogens with zero attached hydrogens (tertiary/aromatic N) is 2. The number of piperidine rings is 1. The Morgan fingerprint density at radius 2 is 1.77 bits per heavy atom. The van der Waals surface area contributed by atoms with Gasteiger partial charge in [0.25, 0.3) is 0 Å². The molecule has 0 N–H and O–H groups in total. The van der Waals surface area contributed by atoms with Crippen LogP contribution in [0.4, 0.5) is 0 Å². The number of benzene rings is 1. The standard InChI is InChI=1S/C18H26N2O2/c1-14(2)20(13-16-7-5-4-6-8-16)18(22)17-9-11-19(12-10-17)15(3)21/h4-8,14,17H,9-13H2,1-3H3. The third kappa shape index (κ3) is 4.09. The van der Waals surface area contributed by atoms with Crippen LogP contribution >= 0.6 is 0 Å². The molecular weight excluding hydrogens is 276 g/mol. The molecule has 1 heterocycles. The van der Waals surface area contributed by atoms with E-state index in [1.807, 2.05) is 28.0 Å². The molecule has 0 spiro atoms. The van der Waals surface area contributed by atoms with Crippen LogP contribution in [0.1, 0.15) is 39.2 Å². The van der Waals surface area contributed by atoms with Crippen LogP contribution in [0.5, 0.6) is 0 Å². The molecule has 0 radical (unpaired) electrons. The summed E-state index contributed by atoms with van der Waals surface area (Å²) in [6.07, 6.45) is 1.55. The maximum Gasteiger partial charge on any atom is 0.226 e. The summed E-state index contributed by atoms with van der Waals surface area (Å²) < 4.78 is 0. The first kappa shape index (κ1) is 16.5. The zero-order valence-electron chi connectivity index (χ0n) is 13.8. The van der Waals surface area contributed by atoms with Crippen molar-refractivity contribution in [2.24, 2.45) is 5.92 Å². The second-order valence-electron chi connectivity index (χ2n) is 6.33. The second-order valence-corrected chi connectivity index (χ2v) is 6.33. The summed E-state index contributed by atoms with van der Waals surface area (Å²) in [7, 11) is 0. The number of amides is 2. The van der Waals surface area contributed by atoms with Gasteiger partial charge in [-0.3, -0.25) is 9.59 Å². The lowest BCUT2D eigenvalue weighted by molar-refractivity contribution is -0.142. The quantitative estimate of drug-likeness (QED) is 0.858. The van der Waals surface area contributed by atoms with Gasteiger partial charge in [-0.1, -0.05) is 30.3 Å². The Morgan fingerprint density at radius 1 is 1.18 bits per heavy atom. The zero-order valence-corrected chi connectivity index (χ0v) is 13.8. The van der Waals surface area contributed by atoms with Gasteiger partial charge >= 0.3 is 0 Å². The van der Waals surface area contributed by atoms with E-state index in [4.69, 9.17) is 0 Å². The first-order chi connectivity index (χ1) is 10.5. The van der Waals surface area contributed by atoms with Crippen molar-refractivity contribution >= 4 is 11.8 Å². The predicted octanol–water partition coefficient (Wildman–Crippen LogP) is 2.68. The minimum Gasteiger partial charge on any atom is -0.343 e. The van der Waals surface area contributed by atoms with E-state index in [2.05, 4.69) is 26.0 Å². The highest BCUT2D eigenvalue weighted by atomic mass is 16.2. The molecule has 1 aliphatic rings. The summed E-state index contributed by atoms with van der Waals surface area (Å²) in [6, 6.07) is 10.3. The van der Waals surface area contributed by atoms with Crippen molar-refractivity contribution in [3.8, 4) is 0 Å². The van der Waals surface area contributed by atoms with Gasteiger partial charge in [-0.15, -0.1) is 0 Å². The van der Waals surface area contributed by atoms with Crippen molar-refractivity contribution in [3.63, 3.8) is 0 Å². The molecule has 22 heavy (non-hydrogen) atoms. The SMILES string of the molecule is CC(=O)N1CCC(C(=O)N(Cc2ccccc2)C(C)C)CC1. The molecule has 4 nitrogen and oxygen atoms in total. The first-order valence-corrected chi connectivity index (χ1v) is 8.09. The molecule has 0 aromatic heterocycles. The molecule has 2 amide bonds. The fourth-order valence-electron chi connectivity index (χ4n) is 2.97. The van der Waals surface area contributed by atoms with Gasteiger partial charge in [-0.2, -0.15) is 0 Å². The Kier molecular flexibility index (Phi) is 5.58. The number of likely N-dealkylation sites (tertiary alicyclic amines) is 1. The highest BCUT2D eigenvalue weighted by Crippen LogP contribution is 2.22. The Morgan fingerprint density at radius 3 is 2.27 bits per heavy atom. The van der Waals surface area contributed by atoms with Gasteiger partial charge in [0.05, 0.1) is 0 Å². The Hall–Kier alpha value is -1.84. The van der Waals surface area contributed by atoms with E-state index in [0.29, 0.717) is 19.6 Å². The summed E-state index contributed by atoms with van der Waals surface area (Å²) >= 11 is 0. The van der Waals surface area contributed by atoms with Gasteiger partial charge in [0.2, 0.25) is 11.8 Å². The van der Waals surface area contributed by atoms with Crippen LogP contribution in [0.3, 0.4) is 0 Å². The van der Waals surface area contributed by atoms with Crippen LogP contribution in [0, 0.1) is 5.92 Å². The summed E-state index contributed by atoms with van der Waals surface area (Å²) in [5, 5.41) is 0. The Bertz CT molecular complexity index is 505. The van der Waals surface area contributed by atoms with E-state index in [0.717, 1.165) is 18.4 Å². The number of carbonyl (C=O) groups excluding carboxylic acids is 2. The van der Waals surface area contributed by atoms with E-state index in [-0.39, 0.29) is 23.8 Å². The Labute approximate surface area is 133 Å². The van der Waals surface area contributed by atoms with Crippen molar-refractivity contribution in [1.82, 2.24) is 9.80 Å². The van der Waals surface area contributed by atoms with Crippen molar-refractivity contribution in [1.29, 1.82) is 0 Å². The van der Waals surface area contributed by atoms with E-state index >= 15 is 0 Å². The van der Waals surface area contributed by atoms with Crippen LogP contribution in [-0.2, 0) is 16.1 Å². The van der Waals surface area contributed by atoms with Crippen LogP contribution in [-0.4, -0.2) is 40.7 Å². The van der Waals surface area contributed by atoms with E-state index in [9.17, 15) is 9.59 Å². The van der Waals surface area contributed by atoms with Crippen molar-refractivity contribution < 1.29 is 9.59 Å². The molecule has 2 rings (SSSR count). The van der Waals surface area contributed by atoms with E-state index < -0.39 is 0 Å². The van der Waals surface area contributed by atoms with E-state index in [1.54, 1.807) is 6.92 Å². The lowest BCUT2D eigenvalue weighted by Gasteiger charge is -2.35. The fraction of sp³-hybridized carbons (Fsp3) is 0.556. The minimum absolute atomic E-state index is 0.0433. The molecular formula is C18H26N2O2. The average Bonchev–Trinajstić information content (AvgIpc) is 2.53. The van der Waals surface area contributed by atoms with Gasteiger partial charge in [0.15, 0.2) is 0 Å². The molecule has 1 aliphatic heterocycles. The predicted molar refractivity (Wildman–Crippen MR) is 87.1 cm³/mol. The third-order valence-corrected chi connectivity index (χ3v) is 4.39. The normalized spacial score (nSPS) is 15.9. The molecule has 4 heteroatoms. The molecule has 0 aliphatic carbocycles. The summed E-state index contributed by atoms with van der Waals surface area (Å²) in [4.78, 5) is 28.0. The molecule has 0 saturated carbocycles. The fourth-order valence-corrected chi connectivity index (χ4v) is 2.97. The van der Waals surface area contributed by atoms with Crippen LogP contribution in [0.25, 0.3) is 0 Å². The first-order valence-electron chi connectivity index (χ1n) is 8.09. The van der Waals surface area contributed by atoms with E-state index in [1.165, 1.54) is 0 Å². The van der Waals surface area contributed by atoms with Crippen molar-refractivity contribution in [3.05, 3.63) is 35.9 Å². The second kappa shape index (κ2) is 7.43. The topological polar surface area (TPSA) is 40.6 Å². The molecule has 0 atom stereocenters. The van der Waals surface area contributed by atoms with Crippen LogP contribution in [0.2, 0.25) is 0 Å². The van der Waals surface area contributed by atoms with Gasteiger partial charge in [-0.25, -0.2) is 0 Å². The Balaban J connectivity index is 2.00. The molecule has 120 valence electrons. The monoisotopic (exact) mass is 302 g/mol. The van der Waals surface area contributed by atoms with Gasteiger partial charge in [-0.05, 0) is 32.3 Å². The number of hydrogen-bond donors (Lipinski definition) is 0. The van der Waals surface area contributed by atoms with Crippen molar-refractivity contribution in [2.75, 3.05) is 13.1 Å². The highest BCUT2D eigenvalue weighted by Gasteiger charge is 2.30. The lowest BCUT2D eigenvalue weighted by Crippen LogP contribution is -2.45. The van der Waals surface area contributed by atoms with Crippen molar-refractivity contribution in [2.45, 2.75) is 46.2 Å². The minimum atomic E-state index is 0.0433. The summed E-state index contributed by atoms with van der Waals surface area (Å²) in [6.45, 7) is 7.77. The van der Waals surface area contributed by atoms with Gasteiger partial charge in [0.1, 0.15) is 0 Å². The highest BCUT2D eigenvalue weighted by molar-refractivity contribution is 5.80. The summed E-state index contributed by atoms with van der Waals surface area (Å²) in [5.74, 6) is 0.375. The van der Waals surface area contributed by atoms with Gasteiger partial charge in [0, 0.05) is 38.5 Å². The maximum absolute atomic E-state index is 12.8. The number of hydrogen-bond acceptors (Lipinski definition) is 2. The molecule has 1 aromatic rings. The third-order valence-electron chi connectivity index (χ3n) is 4.39. The van der Waals surface area contributed by atoms with Gasteiger partial charge < -0.3 is 9.80 Å². The number of carbonyl (C=O) groups is 2. The largest absolute Gasteiger partial charge is 0.343 e. The smallest absolute Gasteiger partial charge is 0.226 e. The van der Waals surface area contributed by atoms with Crippen LogP contribution < -0.4 is 0 Å². The zero-order chi connectivity index (χ0) is 16.1. The number of rotatable bonds is 4. The molecule has 1 aromatic carbocycles. The summed E-state index contributed by atoms with van der Waals surface area (Å²) in [5.41, 5.74) is 1.16. The molecule has 1 fully saturated rings. The molecule has 0 unspecified atom stereocenters. The maximum atomic E-state index is 12.8. The molecule has 1 saturated heterocycles. The average molecular weight is 302 g/mol.